The lowest BCUT2D eigenvalue weighted by Gasteiger charge is -2.13. The maximum Gasteiger partial charge on any atom is 0.338 e. The molecule has 0 spiro atoms. The molecule has 1 atom stereocenters. The Hall–Kier alpha value is -2.66. The van der Waals surface area contributed by atoms with Gasteiger partial charge >= 0.3 is 5.97 Å². The monoisotopic (exact) mass is 345 g/mol. The van der Waals surface area contributed by atoms with Crippen LogP contribution in [0.1, 0.15) is 34.6 Å². The van der Waals surface area contributed by atoms with Crippen molar-refractivity contribution in [1.82, 2.24) is 0 Å². The summed E-state index contributed by atoms with van der Waals surface area (Å²) in [6.45, 7) is 2.88. The molecule has 0 aromatic heterocycles. The van der Waals surface area contributed by atoms with Gasteiger partial charge < -0.3 is 10.1 Å². The first-order chi connectivity index (χ1) is 11.4. The van der Waals surface area contributed by atoms with E-state index in [1.165, 1.54) is 19.9 Å². The van der Waals surface area contributed by atoms with E-state index in [1.54, 1.807) is 42.5 Å². The van der Waals surface area contributed by atoms with Gasteiger partial charge in [-0.2, -0.15) is 0 Å². The molecule has 24 heavy (non-hydrogen) atoms. The second-order valence-electron chi connectivity index (χ2n) is 5.18. The molecule has 1 N–H and O–H groups in total. The van der Waals surface area contributed by atoms with Gasteiger partial charge in [-0.15, -0.1) is 0 Å². The number of rotatable bonds is 5. The van der Waals surface area contributed by atoms with Crippen LogP contribution in [-0.4, -0.2) is 23.8 Å². The Morgan fingerprint density at radius 1 is 1.04 bits per heavy atom. The van der Waals surface area contributed by atoms with Gasteiger partial charge in [0.2, 0.25) is 11.7 Å². The number of carbonyl (C=O) groups is 3. The minimum atomic E-state index is -0.942. The number of Topliss-reactive ketones (excluding diaryl/α,β-unsaturated/α-hetero) is 1. The molecule has 0 saturated carbocycles. The quantitative estimate of drug-likeness (QED) is 0.662. The van der Waals surface area contributed by atoms with Crippen LogP contribution < -0.4 is 5.32 Å². The molecule has 124 valence electrons. The topological polar surface area (TPSA) is 72.5 Å². The van der Waals surface area contributed by atoms with Crippen molar-refractivity contribution in [3.05, 3.63) is 64.7 Å². The molecule has 0 saturated heterocycles. The number of anilines is 1. The maximum absolute atomic E-state index is 12.3. The number of amides is 1. The average Bonchev–Trinajstić information content (AvgIpc) is 2.54. The Kier molecular flexibility index (Phi) is 5.71. The van der Waals surface area contributed by atoms with Gasteiger partial charge in [0, 0.05) is 23.2 Å². The van der Waals surface area contributed by atoms with E-state index in [1.807, 2.05) is 0 Å². The van der Waals surface area contributed by atoms with E-state index in [-0.39, 0.29) is 17.3 Å². The van der Waals surface area contributed by atoms with Crippen LogP contribution in [-0.2, 0) is 9.53 Å². The molecule has 5 nitrogen and oxygen atoms in total. The van der Waals surface area contributed by atoms with Crippen LogP contribution in [0.15, 0.2) is 48.5 Å². The second-order valence-corrected chi connectivity index (χ2v) is 5.62. The van der Waals surface area contributed by atoms with Crippen LogP contribution in [0.3, 0.4) is 0 Å². The average molecular weight is 346 g/mol. The van der Waals surface area contributed by atoms with Crippen molar-refractivity contribution in [1.29, 1.82) is 0 Å². The number of carbonyl (C=O) groups excluding carboxylic acids is 3. The third-order valence-electron chi connectivity index (χ3n) is 3.20. The van der Waals surface area contributed by atoms with Crippen LogP contribution in [0.25, 0.3) is 0 Å². The fourth-order valence-corrected chi connectivity index (χ4v) is 2.18. The molecule has 0 radical (unpaired) electrons. The Morgan fingerprint density at radius 3 is 2.33 bits per heavy atom. The van der Waals surface area contributed by atoms with Crippen molar-refractivity contribution >= 4 is 34.9 Å². The minimum Gasteiger partial charge on any atom is -0.451 e. The molecule has 0 aliphatic carbocycles. The Morgan fingerprint density at radius 2 is 1.71 bits per heavy atom. The summed E-state index contributed by atoms with van der Waals surface area (Å²) >= 11 is 5.78. The SMILES string of the molecule is CC(=O)Nc1cccc(C(=O)O[C@@H](C)C(=O)c2ccc(Cl)cc2)c1. The first-order valence-corrected chi connectivity index (χ1v) is 7.63. The third-order valence-corrected chi connectivity index (χ3v) is 3.45. The number of esters is 1. The third kappa shape index (κ3) is 4.67. The van der Waals surface area contributed by atoms with E-state index in [2.05, 4.69) is 5.32 Å². The highest BCUT2D eigenvalue weighted by Crippen LogP contribution is 2.15. The summed E-state index contributed by atoms with van der Waals surface area (Å²) in [4.78, 5) is 35.5. The molecular formula is C18H16ClNO4. The summed E-state index contributed by atoms with van der Waals surface area (Å²) in [7, 11) is 0. The van der Waals surface area contributed by atoms with Crippen LogP contribution in [0.2, 0.25) is 5.02 Å². The highest BCUT2D eigenvalue weighted by molar-refractivity contribution is 6.30. The van der Waals surface area contributed by atoms with E-state index in [0.29, 0.717) is 16.3 Å². The first kappa shape index (κ1) is 17.7. The summed E-state index contributed by atoms with van der Waals surface area (Å²) in [5, 5.41) is 3.10. The minimum absolute atomic E-state index is 0.244. The van der Waals surface area contributed by atoms with Gasteiger partial charge in [-0.05, 0) is 49.4 Å². The molecule has 6 heteroatoms. The standard InChI is InChI=1S/C18H16ClNO4/c1-11(17(22)13-6-8-15(19)9-7-13)24-18(23)14-4-3-5-16(10-14)20-12(2)21/h3-11H,1-2H3,(H,20,21)/t11-/m0/s1. The fourth-order valence-electron chi connectivity index (χ4n) is 2.06. The maximum atomic E-state index is 12.3. The lowest BCUT2D eigenvalue weighted by molar-refractivity contribution is -0.114. The number of halogens is 1. The predicted octanol–water partition coefficient (Wildman–Crippen LogP) is 3.73. The number of nitrogens with one attached hydrogen (secondary N) is 1. The lowest BCUT2D eigenvalue weighted by atomic mass is 10.1. The van der Waals surface area contributed by atoms with E-state index >= 15 is 0 Å². The Bertz CT molecular complexity index is 771. The molecule has 0 fully saturated rings. The molecule has 0 heterocycles. The summed E-state index contributed by atoms with van der Waals surface area (Å²) in [6.07, 6.45) is -0.942. The zero-order chi connectivity index (χ0) is 17.7. The van der Waals surface area contributed by atoms with E-state index < -0.39 is 12.1 Å². The molecule has 1 amide bonds. The summed E-state index contributed by atoms with van der Waals surface area (Å²) < 4.78 is 5.21. The molecule has 2 aromatic rings. The van der Waals surface area contributed by atoms with Crippen LogP contribution in [0, 0.1) is 0 Å². The Balaban J connectivity index is 2.07. The van der Waals surface area contributed by atoms with Gasteiger partial charge in [-0.25, -0.2) is 4.79 Å². The van der Waals surface area contributed by atoms with E-state index in [4.69, 9.17) is 16.3 Å². The molecule has 0 aliphatic rings. The van der Waals surface area contributed by atoms with Gasteiger partial charge in [0.25, 0.3) is 0 Å². The van der Waals surface area contributed by atoms with Gasteiger partial charge in [-0.3, -0.25) is 9.59 Å². The molecule has 2 aromatic carbocycles. The molecule has 0 bridgehead atoms. The molecule has 0 unspecified atom stereocenters. The van der Waals surface area contributed by atoms with E-state index in [0.717, 1.165) is 0 Å². The van der Waals surface area contributed by atoms with Crippen molar-refractivity contribution in [3.8, 4) is 0 Å². The number of ketones is 1. The smallest absolute Gasteiger partial charge is 0.338 e. The highest BCUT2D eigenvalue weighted by atomic mass is 35.5. The van der Waals surface area contributed by atoms with Crippen LogP contribution in [0.5, 0.6) is 0 Å². The van der Waals surface area contributed by atoms with Crippen molar-refractivity contribution in [2.75, 3.05) is 5.32 Å². The van der Waals surface area contributed by atoms with Gasteiger partial charge in [0.15, 0.2) is 6.10 Å². The van der Waals surface area contributed by atoms with Crippen LogP contribution >= 0.6 is 11.6 Å². The van der Waals surface area contributed by atoms with Gasteiger partial charge in [0.05, 0.1) is 5.56 Å². The molecule has 0 aliphatic heterocycles. The van der Waals surface area contributed by atoms with Gasteiger partial charge in [-0.1, -0.05) is 17.7 Å². The predicted molar refractivity (Wildman–Crippen MR) is 91.4 cm³/mol. The summed E-state index contributed by atoms with van der Waals surface area (Å²) in [6, 6.07) is 12.7. The fraction of sp³-hybridized carbons (Fsp3) is 0.167. The van der Waals surface area contributed by atoms with Crippen molar-refractivity contribution in [2.45, 2.75) is 20.0 Å². The Labute approximate surface area is 144 Å². The molecular weight excluding hydrogens is 330 g/mol. The first-order valence-electron chi connectivity index (χ1n) is 7.25. The van der Waals surface area contributed by atoms with Crippen molar-refractivity contribution in [3.63, 3.8) is 0 Å². The van der Waals surface area contributed by atoms with Gasteiger partial charge in [0.1, 0.15) is 0 Å². The number of benzene rings is 2. The number of hydrogen-bond donors (Lipinski definition) is 1. The van der Waals surface area contributed by atoms with Crippen LogP contribution in [0.4, 0.5) is 5.69 Å². The number of ether oxygens (including phenoxy) is 1. The lowest BCUT2D eigenvalue weighted by Crippen LogP contribution is -2.24. The van der Waals surface area contributed by atoms with Crippen molar-refractivity contribution < 1.29 is 19.1 Å². The normalized spacial score (nSPS) is 11.5. The summed E-state index contributed by atoms with van der Waals surface area (Å²) in [5.74, 6) is -1.21. The summed E-state index contributed by atoms with van der Waals surface area (Å²) in [5.41, 5.74) is 1.14. The highest BCUT2D eigenvalue weighted by Gasteiger charge is 2.20. The molecule has 2 rings (SSSR count). The number of hydrogen-bond acceptors (Lipinski definition) is 4. The zero-order valence-corrected chi connectivity index (χ0v) is 14.0. The zero-order valence-electron chi connectivity index (χ0n) is 13.2. The van der Waals surface area contributed by atoms with Crippen molar-refractivity contribution in [2.24, 2.45) is 0 Å². The second kappa shape index (κ2) is 7.75. The van der Waals surface area contributed by atoms with E-state index in [9.17, 15) is 14.4 Å². The largest absolute Gasteiger partial charge is 0.451 e.